The smallest absolute Gasteiger partial charge is 0.247 e. The summed E-state index contributed by atoms with van der Waals surface area (Å²) in [4.78, 5) is 15.1. The largest absolute Gasteiger partial charge is 0.379 e. The summed E-state index contributed by atoms with van der Waals surface area (Å²) in [5, 5.41) is 5.61. The Morgan fingerprint density at radius 1 is 1.10 bits per heavy atom. The molecule has 0 spiro atoms. The molecule has 0 bridgehead atoms. The van der Waals surface area contributed by atoms with E-state index in [9.17, 15) is 13.6 Å². The summed E-state index contributed by atoms with van der Waals surface area (Å²) in [6, 6.07) is 11.2. The number of morpholine rings is 1. The number of nitrogens with zero attached hydrogens (tertiary/aromatic N) is 3. The minimum Gasteiger partial charge on any atom is -0.379 e. The van der Waals surface area contributed by atoms with Crippen molar-refractivity contribution in [2.24, 2.45) is 5.10 Å². The summed E-state index contributed by atoms with van der Waals surface area (Å²) < 4.78 is 32.8. The Morgan fingerprint density at radius 3 is 2.77 bits per heavy atom. The van der Waals surface area contributed by atoms with Crippen molar-refractivity contribution in [1.82, 2.24) is 9.91 Å². The third-order valence-corrected chi connectivity index (χ3v) is 5.56. The predicted molar refractivity (Wildman–Crippen MR) is 115 cm³/mol. The van der Waals surface area contributed by atoms with Crippen LogP contribution in [0.15, 0.2) is 47.6 Å². The van der Waals surface area contributed by atoms with Gasteiger partial charge in [0.25, 0.3) is 0 Å². The van der Waals surface area contributed by atoms with Gasteiger partial charge in [0.05, 0.1) is 31.9 Å². The molecule has 31 heavy (non-hydrogen) atoms. The molecule has 0 aromatic heterocycles. The summed E-state index contributed by atoms with van der Waals surface area (Å²) in [6.07, 6.45) is 3.74. The van der Waals surface area contributed by atoms with E-state index in [1.54, 1.807) is 0 Å². The molecule has 0 aliphatic carbocycles. The van der Waals surface area contributed by atoms with E-state index < -0.39 is 11.6 Å². The number of carbonyl (C=O) groups is 1. The van der Waals surface area contributed by atoms with Crippen LogP contribution in [-0.2, 0) is 16.0 Å². The van der Waals surface area contributed by atoms with Gasteiger partial charge in [-0.3, -0.25) is 9.69 Å². The van der Waals surface area contributed by atoms with Gasteiger partial charge in [-0.1, -0.05) is 24.3 Å². The second kappa shape index (κ2) is 10.1. The molecular formula is C24H26F2N3O2. The van der Waals surface area contributed by atoms with Crippen LogP contribution < -0.4 is 0 Å². The second-order valence-corrected chi connectivity index (χ2v) is 7.81. The van der Waals surface area contributed by atoms with E-state index in [-0.39, 0.29) is 17.9 Å². The van der Waals surface area contributed by atoms with Crippen LogP contribution in [0, 0.1) is 18.1 Å². The first-order valence-corrected chi connectivity index (χ1v) is 10.6. The molecule has 1 amide bonds. The Bertz CT molecular complexity index is 958. The molecule has 0 unspecified atom stereocenters. The first kappa shape index (κ1) is 21.6. The van der Waals surface area contributed by atoms with Crippen LogP contribution in [-0.4, -0.2) is 60.9 Å². The molecule has 2 aromatic carbocycles. The SMILES string of the molecule is O=C(Cc1cccc([CH]CCN2CCOCC2)c1)N1CCC(c2cc(F)ccc2F)=N1. The molecule has 2 aromatic rings. The maximum Gasteiger partial charge on any atom is 0.247 e. The first-order valence-electron chi connectivity index (χ1n) is 10.6. The summed E-state index contributed by atoms with van der Waals surface area (Å²) >= 11 is 0. The van der Waals surface area contributed by atoms with Gasteiger partial charge in [0.15, 0.2) is 0 Å². The van der Waals surface area contributed by atoms with Crippen molar-refractivity contribution in [2.75, 3.05) is 39.4 Å². The zero-order valence-electron chi connectivity index (χ0n) is 17.4. The number of hydrogen-bond donors (Lipinski definition) is 0. The molecule has 2 aliphatic rings. The molecule has 163 valence electrons. The van der Waals surface area contributed by atoms with Crippen molar-refractivity contribution < 1.29 is 18.3 Å². The predicted octanol–water partition coefficient (Wildman–Crippen LogP) is 3.42. The number of hydrazone groups is 1. The van der Waals surface area contributed by atoms with E-state index in [1.807, 2.05) is 24.3 Å². The van der Waals surface area contributed by atoms with Crippen LogP contribution in [0.25, 0.3) is 0 Å². The fourth-order valence-corrected chi connectivity index (χ4v) is 3.88. The van der Waals surface area contributed by atoms with Crippen LogP contribution in [0.4, 0.5) is 8.78 Å². The Morgan fingerprint density at radius 2 is 1.94 bits per heavy atom. The van der Waals surface area contributed by atoms with Gasteiger partial charge in [0, 0.05) is 25.1 Å². The van der Waals surface area contributed by atoms with Crippen molar-refractivity contribution >= 4 is 11.6 Å². The van der Waals surface area contributed by atoms with E-state index in [1.165, 1.54) is 5.01 Å². The first-order chi connectivity index (χ1) is 15.1. The molecule has 0 atom stereocenters. The van der Waals surface area contributed by atoms with Gasteiger partial charge in [-0.2, -0.15) is 5.10 Å². The lowest BCUT2D eigenvalue weighted by molar-refractivity contribution is -0.130. The third kappa shape index (κ3) is 5.74. The van der Waals surface area contributed by atoms with Crippen LogP contribution >= 0.6 is 0 Å². The van der Waals surface area contributed by atoms with E-state index >= 15 is 0 Å². The minimum atomic E-state index is -0.533. The van der Waals surface area contributed by atoms with Crippen LogP contribution in [0.2, 0.25) is 0 Å². The quantitative estimate of drug-likeness (QED) is 0.682. The second-order valence-electron chi connectivity index (χ2n) is 7.81. The van der Waals surface area contributed by atoms with Crippen molar-refractivity contribution in [3.8, 4) is 0 Å². The normalized spacial score (nSPS) is 17.1. The van der Waals surface area contributed by atoms with Crippen LogP contribution in [0.1, 0.15) is 29.5 Å². The van der Waals surface area contributed by atoms with Gasteiger partial charge < -0.3 is 4.74 Å². The van der Waals surface area contributed by atoms with Crippen LogP contribution in [0.3, 0.4) is 0 Å². The highest BCUT2D eigenvalue weighted by atomic mass is 19.1. The minimum absolute atomic E-state index is 0.118. The molecule has 7 heteroatoms. The van der Waals surface area contributed by atoms with Gasteiger partial charge >= 0.3 is 0 Å². The Kier molecular flexibility index (Phi) is 7.04. The highest BCUT2D eigenvalue weighted by Gasteiger charge is 2.23. The molecule has 0 saturated carbocycles. The average molecular weight is 426 g/mol. The Balaban J connectivity index is 1.32. The van der Waals surface area contributed by atoms with Crippen molar-refractivity contribution in [3.63, 3.8) is 0 Å². The molecule has 0 N–H and O–H groups in total. The number of halogens is 2. The number of benzene rings is 2. The lowest BCUT2D eigenvalue weighted by Gasteiger charge is -2.26. The van der Waals surface area contributed by atoms with Crippen molar-refractivity contribution in [1.29, 1.82) is 0 Å². The third-order valence-electron chi connectivity index (χ3n) is 5.56. The molecule has 1 saturated heterocycles. The molecule has 2 aliphatic heterocycles. The number of carbonyl (C=O) groups excluding carboxylic acids is 1. The van der Waals surface area contributed by atoms with Gasteiger partial charge in [0.2, 0.25) is 5.91 Å². The topological polar surface area (TPSA) is 45.1 Å². The summed E-state index contributed by atoms with van der Waals surface area (Å²) in [6.45, 7) is 4.90. The van der Waals surface area contributed by atoms with Gasteiger partial charge in [-0.15, -0.1) is 0 Å². The molecule has 2 heterocycles. The standard InChI is InChI=1S/C24H26F2N3O2/c25-20-6-7-22(26)21(17-20)23-8-10-29(27-23)24(30)16-19-4-1-3-18(15-19)5-2-9-28-11-13-31-14-12-28/h1,3-7,15,17H,2,8-14,16H2. The number of amides is 1. The summed E-state index contributed by atoms with van der Waals surface area (Å²) in [7, 11) is 0. The van der Waals surface area contributed by atoms with Crippen molar-refractivity contribution in [3.05, 3.63) is 77.2 Å². The van der Waals surface area contributed by atoms with Crippen LogP contribution in [0.5, 0.6) is 0 Å². The van der Waals surface area contributed by atoms with E-state index in [0.29, 0.717) is 18.7 Å². The van der Waals surface area contributed by atoms with Gasteiger partial charge in [0.1, 0.15) is 11.6 Å². The maximum absolute atomic E-state index is 14.0. The number of rotatable bonds is 7. The monoisotopic (exact) mass is 426 g/mol. The molecule has 4 rings (SSSR count). The molecule has 5 nitrogen and oxygen atoms in total. The zero-order chi connectivity index (χ0) is 21.6. The number of ether oxygens (including phenoxy) is 1. The maximum atomic E-state index is 14.0. The molecule has 1 fully saturated rings. The highest BCUT2D eigenvalue weighted by molar-refractivity contribution is 6.03. The van der Waals surface area contributed by atoms with Crippen molar-refractivity contribution in [2.45, 2.75) is 19.3 Å². The Labute approximate surface area is 181 Å². The molecule has 1 radical (unpaired) electrons. The fourth-order valence-electron chi connectivity index (χ4n) is 3.88. The lowest BCUT2D eigenvalue weighted by atomic mass is 10.0. The van der Waals surface area contributed by atoms with E-state index in [4.69, 9.17) is 4.74 Å². The van der Waals surface area contributed by atoms with Gasteiger partial charge in [-0.05, 0) is 48.7 Å². The molecular weight excluding hydrogens is 400 g/mol. The fraction of sp³-hybridized carbons (Fsp3) is 0.375. The number of hydrogen-bond acceptors (Lipinski definition) is 4. The Hall–Kier alpha value is -2.64. The summed E-state index contributed by atoms with van der Waals surface area (Å²) in [5.41, 5.74) is 2.51. The lowest BCUT2D eigenvalue weighted by Crippen LogP contribution is -2.36. The van der Waals surface area contributed by atoms with E-state index in [0.717, 1.165) is 68.6 Å². The summed E-state index contributed by atoms with van der Waals surface area (Å²) in [5.74, 6) is -1.21. The van der Waals surface area contributed by atoms with E-state index in [2.05, 4.69) is 16.4 Å². The highest BCUT2D eigenvalue weighted by Crippen LogP contribution is 2.19. The van der Waals surface area contributed by atoms with Gasteiger partial charge in [-0.25, -0.2) is 13.8 Å². The zero-order valence-corrected chi connectivity index (χ0v) is 17.4. The average Bonchev–Trinajstić information content (AvgIpc) is 3.27.